The zero-order valence-corrected chi connectivity index (χ0v) is 11.0. The van der Waals surface area contributed by atoms with Crippen molar-refractivity contribution in [1.82, 2.24) is 14.6 Å². The van der Waals surface area contributed by atoms with Crippen LogP contribution in [0.15, 0.2) is 15.8 Å². The van der Waals surface area contributed by atoms with Crippen molar-refractivity contribution in [2.75, 3.05) is 6.54 Å². The molecule has 1 aliphatic rings. The molecule has 7 nitrogen and oxygen atoms in total. The highest BCUT2D eigenvalue weighted by Gasteiger charge is 2.27. The van der Waals surface area contributed by atoms with Gasteiger partial charge in [-0.1, -0.05) is 0 Å². The summed E-state index contributed by atoms with van der Waals surface area (Å²) in [6, 6.07) is 0. The molecule has 8 heteroatoms. The van der Waals surface area contributed by atoms with Gasteiger partial charge in [0.15, 0.2) is 0 Å². The second-order valence-electron chi connectivity index (χ2n) is 4.26. The molecule has 0 radical (unpaired) electrons. The van der Waals surface area contributed by atoms with Gasteiger partial charge in [0, 0.05) is 18.3 Å². The maximum Gasteiger partial charge on any atom is 0.330 e. The molecule has 0 spiro atoms. The topological polar surface area (TPSA) is 96.3 Å². The molecule has 0 saturated carbocycles. The van der Waals surface area contributed by atoms with Crippen LogP contribution in [0, 0.1) is 6.92 Å². The Kier molecular flexibility index (Phi) is 4.29. The molecule has 3 atom stereocenters. The van der Waals surface area contributed by atoms with Crippen LogP contribution >= 0.6 is 8.96 Å². The van der Waals surface area contributed by atoms with Gasteiger partial charge in [0.1, 0.15) is 6.23 Å². The van der Waals surface area contributed by atoms with Gasteiger partial charge in [0.25, 0.3) is 5.56 Å². The Morgan fingerprint density at radius 2 is 2.39 bits per heavy atom. The van der Waals surface area contributed by atoms with Gasteiger partial charge in [-0.15, -0.1) is 0 Å². The summed E-state index contributed by atoms with van der Waals surface area (Å²) in [7, 11) is -0.309. The molecule has 1 saturated heterocycles. The minimum Gasteiger partial charge on any atom is -0.361 e. The number of hydrogen-bond donors (Lipinski definition) is 3. The quantitative estimate of drug-likeness (QED) is 0.649. The van der Waals surface area contributed by atoms with Crippen LogP contribution in [0.3, 0.4) is 0 Å². The third-order valence-corrected chi connectivity index (χ3v) is 3.31. The molecule has 1 unspecified atom stereocenters. The van der Waals surface area contributed by atoms with E-state index in [1.807, 2.05) is 0 Å². The lowest BCUT2D eigenvalue weighted by atomic mass is 10.2. The van der Waals surface area contributed by atoms with E-state index in [-0.39, 0.29) is 26.8 Å². The average molecular weight is 273 g/mol. The van der Waals surface area contributed by atoms with Gasteiger partial charge in [-0.05, 0) is 19.8 Å². The fourth-order valence-electron chi connectivity index (χ4n) is 2.00. The summed E-state index contributed by atoms with van der Waals surface area (Å²) in [5.41, 5.74) is -0.334. The molecule has 1 aromatic heterocycles. The molecule has 0 bridgehead atoms. The summed E-state index contributed by atoms with van der Waals surface area (Å²) in [4.78, 5) is 33.9. The van der Waals surface area contributed by atoms with Crippen LogP contribution in [0.1, 0.15) is 24.6 Å². The number of nitrogens with one attached hydrogen (secondary N) is 2. The van der Waals surface area contributed by atoms with Crippen LogP contribution in [0.4, 0.5) is 0 Å². The minimum absolute atomic E-state index is 0.0196. The largest absolute Gasteiger partial charge is 0.361 e. The van der Waals surface area contributed by atoms with E-state index in [9.17, 15) is 9.59 Å². The first-order chi connectivity index (χ1) is 8.61. The van der Waals surface area contributed by atoms with Crippen molar-refractivity contribution in [2.45, 2.75) is 32.1 Å². The predicted octanol–water partition coefficient (Wildman–Crippen LogP) is -0.387. The number of rotatable bonds is 4. The molecule has 0 aromatic carbocycles. The second-order valence-corrected chi connectivity index (χ2v) is 4.84. The van der Waals surface area contributed by atoms with Crippen molar-refractivity contribution >= 4 is 8.96 Å². The molecular weight excluding hydrogens is 257 g/mol. The van der Waals surface area contributed by atoms with Crippen molar-refractivity contribution < 1.29 is 9.63 Å². The molecule has 18 heavy (non-hydrogen) atoms. The molecule has 1 aromatic rings. The summed E-state index contributed by atoms with van der Waals surface area (Å²) in [5, 5.41) is 2.81. The maximum atomic E-state index is 11.7. The van der Waals surface area contributed by atoms with Gasteiger partial charge in [-0.3, -0.25) is 19.4 Å². The Balaban J connectivity index is 2.12. The highest BCUT2D eigenvalue weighted by atomic mass is 31.1. The number of aryl methyl sites for hydroxylation is 1. The first kappa shape index (κ1) is 13.4. The number of aromatic nitrogens is 2. The zero-order chi connectivity index (χ0) is 13.1. The van der Waals surface area contributed by atoms with Gasteiger partial charge >= 0.3 is 5.69 Å². The van der Waals surface area contributed by atoms with Gasteiger partial charge in [0.2, 0.25) is 0 Å². The van der Waals surface area contributed by atoms with Gasteiger partial charge < -0.3 is 9.63 Å². The van der Waals surface area contributed by atoms with Crippen molar-refractivity contribution in [2.24, 2.45) is 0 Å². The number of nitrogens with zero attached hydrogens (tertiary/aromatic N) is 1. The Labute approximate surface area is 105 Å². The first-order valence-corrected chi connectivity index (χ1v) is 6.66. The number of ether oxygens (including phenoxy) is 1. The van der Waals surface area contributed by atoms with E-state index in [1.54, 1.807) is 6.92 Å². The predicted molar refractivity (Wildman–Crippen MR) is 67.7 cm³/mol. The van der Waals surface area contributed by atoms with Gasteiger partial charge in [-0.25, -0.2) is 4.79 Å². The lowest BCUT2D eigenvalue weighted by Crippen LogP contribution is -2.33. The van der Waals surface area contributed by atoms with Crippen LogP contribution in [0.5, 0.6) is 0 Å². The van der Waals surface area contributed by atoms with Gasteiger partial charge in [0.05, 0.1) is 15.1 Å². The van der Waals surface area contributed by atoms with E-state index in [0.29, 0.717) is 18.5 Å². The number of hydrogen-bond acceptors (Lipinski definition) is 5. The lowest BCUT2D eigenvalue weighted by molar-refractivity contribution is 0.00201. The van der Waals surface area contributed by atoms with E-state index in [1.165, 1.54) is 10.8 Å². The maximum absolute atomic E-state index is 11.7. The van der Waals surface area contributed by atoms with E-state index >= 15 is 0 Å². The fourth-order valence-corrected chi connectivity index (χ4v) is 2.32. The zero-order valence-electron chi connectivity index (χ0n) is 9.97. The van der Waals surface area contributed by atoms with Crippen LogP contribution in [-0.2, 0) is 4.74 Å². The highest BCUT2D eigenvalue weighted by molar-refractivity contribution is 7.28. The summed E-state index contributed by atoms with van der Waals surface area (Å²) >= 11 is 0. The van der Waals surface area contributed by atoms with Crippen LogP contribution in [0.25, 0.3) is 0 Å². The standard InChI is InChI=1S/C10H16N3O4P/c1-6-5-13(10(15)12-9(6)14)8-3-2-7(17-8)4-11-18-16/h5,7-8,11,16,18H,2-4H2,1H3,(H,12,14,15)/t7-,8+/m0/s1. The summed E-state index contributed by atoms with van der Waals surface area (Å²) in [6.45, 7) is 2.21. The fraction of sp³-hybridized carbons (Fsp3) is 0.600. The minimum atomic E-state index is -0.451. The molecule has 3 N–H and O–H groups in total. The Bertz CT molecular complexity index is 527. The molecule has 0 aliphatic carbocycles. The third-order valence-electron chi connectivity index (χ3n) is 2.95. The Morgan fingerprint density at radius 1 is 1.61 bits per heavy atom. The van der Waals surface area contributed by atoms with Crippen LogP contribution in [0.2, 0.25) is 0 Å². The number of H-pyrrole nitrogens is 1. The average Bonchev–Trinajstić information content (AvgIpc) is 2.79. The summed E-state index contributed by atoms with van der Waals surface area (Å²) in [6.07, 6.45) is 2.68. The van der Waals surface area contributed by atoms with Crippen molar-refractivity contribution in [3.05, 3.63) is 32.6 Å². The van der Waals surface area contributed by atoms with E-state index < -0.39 is 5.69 Å². The molecule has 100 valence electrons. The second kappa shape index (κ2) is 5.75. The van der Waals surface area contributed by atoms with Crippen LogP contribution in [-0.4, -0.2) is 27.1 Å². The van der Waals surface area contributed by atoms with Crippen LogP contribution < -0.4 is 16.3 Å². The molecule has 1 fully saturated rings. The SMILES string of the molecule is Cc1cn([C@H]2CC[C@@H](CNPO)O2)c(=O)[nH]c1=O. The molecule has 1 aliphatic heterocycles. The third kappa shape index (κ3) is 2.87. The Hall–Kier alpha value is -1.01. The molecular formula is C10H16N3O4P. The highest BCUT2D eigenvalue weighted by Crippen LogP contribution is 2.26. The monoisotopic (exact) mass is 273 g/mol. The first-order valence-electron chi connectivity index (χ1n) is 5.71. The molecule has 2 heterocycles. The van der Waals surface area contributed by atoms with Crippen molar-refractivity contribution in [1.29, 1.82) is 0 Å². The summed E-state index contributed by atoms with van der Waals surface area (Å²) < 4.78 is 7.11. The van der Waals surface area contributed by atoms with E-state index in [4.69, 9.17) is 9.63 Å². The van der Waals surface area contributed by atoms with Gasteiger partial charge in [-0.2, -0.15) is 0 Å². The molecule has 2 rings (SSSR count). The number of aromatic amines is 1. The smallest absolute Gasteiger partial charge is 0.330 e. The van der Waals surface area contributed by atoms with Crippen molar-refractivity contribution in [3.63, 3.8) is 0 Å². The van der Waals surface area contributed by atoms with E-state index in [0.717, 1.165) is 6.42 Å². The lowest BCUT2D eigenvalue weighted by Gasteiger charge is -2.16. The molecule has 0 amide bonds. The summed E-state index contributed by atoms with van der Waals surface area (Å²) in [5.74, 6) is 0. The normalized spacial score (nSPS) is 24.1. The Morgan fingerprint density at radius 3 is 3.11 bits per heavy atom. The van der Waals surface area contributed by atoms with Crippen molar-refractivity contribution in [3.8, 4) is 0 Å². The van der Waals surface area contributed by atoms with E-state index in [2.05, 4.69) is 10.1 Å².